The lowest BCUT2D eigenvalue weighted by atomic mass is 10.2. The molecule has 0 atom stereocenters. The fraction of sp³-hybridized carbons (Fsp3) is 0.400. The van der Waals surface area contributed by atoms with Gasteiger partial charge in [0.15, 0.2) is 0 Å². The van der Waals surface area contributed by atoms with Crippen molar-refractivity contribution in [2.75, 3.05) is 6.61 Å². The van der Waals surface area contributed by atoms with Crippen LogP contribution in [-0.2, 0) is 4.43 Å². The second-order valence-electron chi connectivity index (χ2n) is 6.03. The molecular formula is C20H28OSi. The van der Waals surface area contributed by atoms with Crippen LogP contribution in [0, 0.1) is 0 Å². The second kappa shape index (κ2) is 8.91. The van der Waals surface area contributed by atoms with Gasteiger partial charge in [0.1, 0.15) is 0 Å². The van der Waals surface area contributed by atoms with E-state index in [0.717, 1.165) is 6.61 Å². The predicted octanol–water partition coefficient (Wildman–Crippen LogP) is 4.36. The van der Waals surface area contributed by atoms with Crippen LogP contribution < -0.4 is 10.4 Å². The van der Waals surface area contributed by atoms with Crippen molar-refractivity contribution >= 4 is 18.7 Å². The first-order chi connectivity index (χ1) is 10.8. The van der Waals surface area contributed by atoms with Crippen LogP contribution in [0.2, 0.25) is 6.55 Å². The highest BCUT2D eigenvalue weighted by Crippen LogP contribution is 2.10. The summed E-state index contributed by atoms with van der Waals surface area (Å²) in [7, 11) is -2.07. The summed E-state index contributed by atoms with van der Waals surface area (Å²) in [6, 6.07) is 21.5. The van der Waals surface area contributed by atoms with Crippen LogP contribution in [0.4, 0.5) is 0 Å². The maximum Gasteiger partial charge on any atom is 0.252 e. The van der Waals surface area contributed by atoms with Crippen LogP contribution in [0.15, 0.2) is 60.7 Å². The minimum Gasteiger partial charge on any atom is -0.408 e. The van der Waals surface area contributed by atoms with Gasteiger partial charge in [-0.2, -0.15) is 0 Å². The Labute approximate surface area is 136 Å². The maximum atomic E-state index is 6.52. The maximum absolute atomic E-state index is 6.52. The molecule has 0 saturated carbocycles. The first kappa shape index (κ1) is 17.0. The molecule has 0 heterocycles. The Balaban J connectivity index is 2.07. The van der Waals surface area contributed by atoms with E-state index >= 15 is 0 Å². The molecule has 0 aromatic heterocycles. The van der Waals surface area contributed by atoms with Crippen molar-refractivity contribution in [3.8, 4) is 0 Å². The highest BCUT2D eigenvalue weighted by Gasteiger charge is 2.33. The van der Waals surface area contributed by atoms with Crippen LogP contribution in [-0.4, -0.2) is 14.9 Å². The minimum atomic E-state index is -2.07. The molecule has 0 aliphatic carbocycles. The molecule has 2 aromatic rings. The highest BCUT2D eigenvalue weighted by molar-refractivity contribution is 6.96. The van der Waals surface area contributed by atoms with E-state index in [4.69, 9.17) is 4.43 Å². The minimum absolute atomic E-state index is 0.871. The molecule has 1 nitrogen and oxygen atoms in total. The Morgan fingerprint density at radius 2 is 1.23 bits per heavy atom. The Morgan fingerprint density at radius 3 is 1.73 bits per heavy atom. The molecule has 2 rings (SSSR count). The van der Waals surface area contributed by atoms with Gasteiger partial charge in [0.25, 0.3) is 8.32 Å². The van der Waals surface area contributed by atoms with E-state index in [1.165, 1.54) is 42.5 Å². The summed E-state index contributed by atoms with van der Waals surface area (Å²) in [6.07, 6.45) is 6.41. The molecular weight excluding hydrogens is 284 g/mol. The van der Waals surface area contributed by atoms with Gasteiger partial charge in [-0.25, -0.2) is 0 Å². The Kier molecular flexibility index (Phi) is 6.88. The molecule has 2 heteroatoms. The van der Waals surface area contributed by atoms with Gasteiger partial charge >= 0.3 is 0 Å². The fourth-order valence-corrected chi connectivity index (χ4v) is 5.70. The number of hydrogen-bond donors (Lipinski definition) is 0. The number of rotatable bonds is 9. The highest BCUT2D eigenvalue weighted by atomic mass is 28.4. The van der Waals surface area contributed by atoms with Gasteiger partial charge in [-0.05, 0) is 23.3 Å². The van der Waals surface area contributed by atoms with Gasteiger partial charge in [0, 0.05) is 6.61 Å². The lowest BCUT2D eigenvalue weighted by molar-refractivity contribution is 0.306. The molecule has 0 radical (unpaired) electrons. The van der Waals surface area contributed by atoms with E-state index in [1.807, 2.05) is 0 Å². The second-order valence-corrected chi connectivity index (χ2v) is 9.54. The summed E-state index contributed by atoms with van der Waals surface area (Å²) >= 11 is 0. The molecule has 0 fully saturated rings. The molecule has 0 aliphatic heterocycles. The molecule has 0 unspecified atom stereocenters. The molecule has 118 valence electrons. The molecule has 2 aromatic carbocycles. The third kappa shape index (κ3) is 4.55. The number of benzene rings is 2. The van der Waals surface area contributed by atoms with Crippen molar-refractivity contribution in [2.24, 2.45) is 0 Å². The largest absolute Gasteiger partial charge is 0.408 e. The van der Waals surface area contributed by atoms with Crippen molar-refractivity contribution in [1.82, 2.24) is 0 Å². The average molecular weight is 313 g/mol. The molecule has 0 N–H and O–H groups in total. The summed E-state index contributed by atoms with van der Waals surface area (Å²) in [4.78, 5) is 0. The summed E-state index contributed by atoms with van der Waals surface area (Å²) in [6.45, 7) is 5.45. The molecule has 0 spiro atoms. The lowest BCUT2D eigenvalue weighted by Crippen LogP contribution is -2.58. The zero-order chi connectivity index (χ0) is 15.7. The summed E-state index contributed by atoms with van der Waals surface area (Å²) in [5.74, 6) is 0. The average Bonchev–Trinajstić information content (AvgIpc) is 2.59. The SMILES string of the molecule is CCCCCCCO[Si](C)(c1ccccc1)c1ccccc1. The smallest absolute Gasteiger partial charge is 0.252 e. The van der Waals surface area contributed by atoms with Gasteiger partial charge in [0.2, 0.25) is 0 Å². The van der Waals surface area contributed by atoms with Gasteiger partial charge in [0.05, 0.1) is 0 Å². The molecule has 0 saturated heterocycles. The van der Waals surface area contributed by atoms with E-state index in [9.17, 15) is 0 Å². The van der Waals surface area contributed by atoms with Gasteiger partial charge < -0.3 is 4.43 Å². The van der Waals surface area contributed by atoms with E-state index < -0.39 is 8.32 Å². The van der Waals surface area contributed by atoms with Crippen LogP contribution in [0.1, 0.15) is 39.0 Å². The molecule has 0 bridgehead atoms. The Hall–Kier alpha value is -1.38. The van der Waals surface area contributed by atoms with Crippen LogP contribution in [0.25, 0.3) is 0 Å². The quantitative estimate of drug-likeness (QED) is 0.494. The standard InChI is InChI=1S/C20H28OSi/c1-3-4-5-6-13-18-21-22(2,19-14-9-7-10-15-19)20-16-11-8-12-17-20/h7-12,14-17H,3-6,13,18H2,1-2H3. The summed E-state index contributed by atoms with van der Waals surface area (Å²) in [5, 5.41) is 2.71. The predicted molar refractivity (Wildman–Crippen MR) is 98.5 cm³/mol. The van der Waals surface area contributed by atoms with Crippen molar-refractivity contribution < 1.29 is 4.43 Å². The normalized spacial score (nSPS) is 11.5. The third-order valence-corrected chi connectivity index (χ3v) is 7.94. The summed E-state index contributed by atoms with van der Waals surface area (Å²) in [5.41, 5.74) is 0. The van der Waals surface area contributed by atoms with Gasteiger partial charge in [-0.3, -0.25) is 0 Å². The summed E-state index contributed by atoms with van der Waals surface area (Å²) < 4.78 is 6.52. The lowest BCUT2D eigenvalue weighted by Gasteiger charge is -2.28. The van der Waals surface area contributed by atoms with Crippen molar-refractivity contribution in [1.29, 1.82) is 0 Å². The third-order valence-electron chi connectivity index (χ3n) is 4.29. The van der Waals surface area contributed by atoms with Crippen LogP contribution in [0.3, 0.4) is 0 Å². The van der Waals surface area contributed by atoms with Gasteiger partial charge in [-0.1, -0.05) is 93.3 Å². The molecule has 0 amide bonds. The van der Waals surface area contributed by atoms with Gasteiger partial charge in [-0.15, -0.1) is 0 Å². The van der Waals surface area contributed by atoms with Crippen molar-refractivity contribution in [3.05, 3.63) is 60.7 Å². The number of hydrogen-bond acceptors (Lipinski definition) is 1. The zero-order valence-corrected chi connectivity index (χ0v) is 14.9. The fourth-order valence-electron chi connectivity index (χ4n) is 2.83. The Bertz CT molecular complexity index is 484. The van der Waals surface area contributed by atoms with Crippen LogP contribution >= 0.6 is 0 Å². The molecule has 0 aliphatic rings. The van der Waals surface area contributed by atoms with Crippen molar-refractivity contribution in [2.45, 2.75) is 45.6 Å². The van der Waals surface area contributed by atoms with Crippen LogP contribution in [0.5, 0.6) is 0 Å². The zero-order valence-electron chi connectivity index (χ0n) is 13.9. The molecule has 22 heavy (non-hydrogen) atoms. The van der Waals surface area contributed by atoms with Crippen molar-refractivity contribution in [3.63, 3.8) is 0 Å². The number of unbranched alkanes of at least 4 members (excludes halogenated alkanes) is 4. The van der Waals surface area contributed by atoms with E-state index in [2.05, 4.69) is 74.1 Å². The van der Waals surface area contributed by atoms with E-state index in [0.29, 0.717) is 0 Å². The first-order valence-electron chi connectivity index (χ1n) is 8.52. The van der Waals surface area contributed by atoms with E-state index in [1.54, 1.807) is 0 Å². The van der Waals surface area contributed by atoms with E-state index in [-0.39, 0.29) is 0 Å². The first-order valence-corrected chi connectivity index (χ1v) is 10.9. The Morgan fingerprint density at radius 1 is 0.727 bits per heavy atom. The topological polar surface area (TPSA) is 9.23 Å². The monoisotopic (exact) mass is 312 g/mol.